The maximum Gasteiger partial charge on any atom is 0.407 e. The second-order valence-electron chi connectivity index (χ2n) is 14.8. The molecule has 0 spiro atoms. The van der Waals surface area contributed by atoms with Crippen LogP contribution in [0.25, 0.3) is 0 Å². The van der Waals surface area contributed by atoms with Crippen molar-refractivity contribution in [2.75, 3.05) is 18.1 Å². The lowest BCUT2D eigenvalue weighted by Crippen LogP contribution is -2.51. The number of amides is 1. The van der Waals surface area contributed by atoms with E-state index in [0.29, 0.717) is 17.7 Å². The van der Waals surface area contributed by atoms with Crippen molar-refractivity contribution in [1.82, 2.24) is 5.32 Å². The summed E-state index contributed by atoms with van der Waals surface area (Å²) in [5.74, 6) is 6.44. The Morgan fingerprint density at radius 2 is 1.85 bits per heavy atom. The van der Waals surface area contributed by atoms with Gasteiger partial charge >= 0.3 is 6.09 Å². The van der Waals surface area contributed by atoms with Crippen molar-refractivity contribution in [1.29, 1.82) is 0 Å². The summed E-state index contributed by atoms with van der Waals surface area (Å²) in [6.07, 6.45) is 16.3. The van der Waals surface area contributed by atoms with Crippen LogP contribution in [-0.2, 0) is 9.53 Å². The van der Waals surface area contributed by atoms with Crippen LogP contribution in [0, 0.1) is 46.3 Å². The first kappa shape index (κ1) is 33.2. The van der Waals surface area contributed by atoms with E-state index >= 15 is 0 Å². The number of ketones is 1. The van der Waals surface area contributed by atoms with Crippen molar-refractivity contribution < 1.29 is 14.3 Å². The van der Waals surface area contributed by atoms with Gasteiger partial charge in [0.25, 0.3) is 0 Å². The molecule has 0 aliphatic heterocycles. The Labute approximate surface area is 258 Å². The van der Waals surface area contributed by atoms with E-state index in [4.69, 9.17) is 10.5 Å². The molecule has 7 heteroatoms. The van der Waals surface area contributed by atoms with E-state index in [1.807, 2.05) is 0 Å². The molecule has 0 aromatic carbocycles. The van der Waals surface area contributed by atoms with E-state index in [2.05, 4.69) is 46.0 Å². The molecule has 0 aromatic rings. The van der Waals surface area contributed by atoms with Crippen LogP contribution in [0.5, 0.6) is 0 Å². The fraction of sp³-hybridized carbons (Fsp3) is 0.882. The van der Waals surface area contributed by atoms with E-state index in [1.54, 1.807) is 27.2 Å². The predicted octanol–water partition coefficient (Wildman–Crippen LogP) is 8.42. The molecule has 0 aromatic heterocycles. The number of hydrogen-bond acceptors (Lipinski definition) is 6. The summed E-state index contributed by atoms with van der Waals surface area (Å²) in [5, 5.41) is 2.92. The SMILES string of the molecule is CC(=O)[C@@H](N)CSSCCNC(=O)O[C@H]1CC[C@@]2(C)C(=CC[C@H]3[C@@H]4CC[C@H]([C@H](C)CCCC(C)C)[C@@]4(C)CC[C@@H]32)C1. The zero-order chi connectivity index (χ0) is 29.8. The lowest BCUT2D eigenvalue weighted by molar-refractivity contribution is -0.117. The Morgan fingerprint density at radius 3 is 2.59 bits per heavy atom. The van der Waals surface area contributed by atoms with Crippen molar-refractivity contribution in [2.24, 2.45) is 52.1 Å². The third kappa shape index (κ3) is 7.71. The molecule has 5 nitrogen and oxygen atoms in total. The molecule has 0 radical (unpaired) electrons. The minimum atomic E-state index is -0.409. The lowest BCUT2D eigenvalue weighted by Gasteiger charge is -2.58. The molecule has 4 aliphatic rings. The highest BCUT2D eigenvalue weighted by Gasteiger charge is 2.59. The van der Waals surface area contributed by atoms with E-state index in [0.717, 1.165) is 60.5 Å². The van der Waals surface area contributed by atoms with Gasteiger partial charge in [0.2, 0.25) is 0 Å². The molecule has 4 rings (SSSR count). The number of carbonyl (C=O) groups is 2. The van der Waals surface area contributed by atoms with Gasteiger partial charge in [-0.2, -0.15) is 0 Å². The van der Waals surface area contributed by atoms with Gasteiger partial charge in [-0.3, -0.25) is 4.79 Å². The largest absolute Gasteiger partial charge is 0.446 e. The fourth-order valence-electron chi connectivity index (χ4n) is 9.44. The van der Waals surface area contributed by atoms with Gasteiger partial charge in [0.05, 0.1) is 6.04 Å². The van der Waals surface area contributed by atoms with Crippen molar-refractivity contribution in [3.05, 3.63) is 11.6 Å². The predicted molar refractivity (Wildman–Crippen MR) is 175 cm³/mol. The second kappa shape index (κ2) is 14.4. The van der Waals surface area contributed by atoms with Crippen molar-refractivity contribution in [3.8, 4) is 0 Å². The highest BCUT2D eigenvalue weighted by Crippen LogP contribution is 2.67. The molecular weight excluding hydrogens is 549 g/mol. The number of nitrogens with one attached hydrogen (secondary N) is 1. The number of fused-ring (bicyclic) bond motifs is 5. The smallest absolute Gasteiger partial charge is 0.407 e. The highest BCUT2D eigenvalue weighted by molar-refractivity contribution is 8.76. The van der Waals surface area contributed by atoms with E-state index in [9.17, 15) is 9.59 Å². The Morgan fingerprint density at radius 1 is 1.07 bits per heavy atom. The van der Waals surface area contributed by atoms with Gasteiger partial charge in [0, 0.05) is 24.5 Å². The van der Waals surface area contributed by atoms with Crippen molar-refractivity contribution in [3.63, 3.8) is 0 Å². The molecule has 4 aliphatic carbocycles. The molecule has 234 valence electrons. The third-order valence-corrected chi connectivity index (χ3v) is 14.3. The highest BCUT2D eigenvalue weighted by atomic mass is 33.1. The van der Waals surface area contributed by atoms with Crippen LogP contribution in [0.15, 0.2) is 11.6 Å². The van der Waals surface area contributed by atoms with Gasteiger partial charge in [0.1, 0.15) is 11.9 Å². The first-order valence-corrected chi connectivity index (χ1v) is 19.1. The number of hydrogen-bond donors (Lipinski definition) is 2. The summed E-state index contributed by atoms with van der Waals surface area (Å²) in [7, 11) is 3.21. The molecule has 0 heterocycles. The topological polar surface area (TPSA) is 81.4 Å². The fourth-order valence-corrected chi connectivity index (χ4v) is 11.6. The van der Waals surface area contributed by atoms with Crippen molar-refractivity contribution in [2.45, 2.75) is 124 Å². The minimum absolute atomic E-state index is 0.0126. The average Bonchev–Trinajstić information content (AvgIpc) is 3.27. The van der Waals surface area contributed by atoms with Gasteiger partial charge in [0.15, 0.2) is 0 Å². The molecule has 9 atom stereocenters. The Bertz CT molecular complexity index is 941. The summed E-state index contributed by atoms with van der Waals surface area (Å²) in [6, 6.07) is -0.409. The van der Waals surface area contributed by atoms with Crippen LogP contribution in [0.1, 0.15) is 112 Å². The summed E-state index contributed by atoms with van der Waals surface area (Å²) in [6.45, 7) is 14.6. The van der Waals surface area contributed by atoms with Crippen LogP contribution in [0.4, 0.5) is 4.79 Å². The van der Waals surface area contributed by atoms with Gasteiger partial charge in [-0.25, -0.2) is 4.79 Å². The lowest BCUT2D eigenvalue weighted by atomic mass is 9.47. The summed E-state index contributed by atoms with van der Waals surface area (Å²) < 4.78 is 5.90. The molecule has 1 amide bonds. The number of alkyl carbamates (subject to hydrolysis) is 1. The van der Waals surface area contributed by atoms with Crippen LogP contribution in [-0.4, -0.2) is 42.1 Å². The minimum Gasteiger partial charge on any atom is -0.446 e. The molecule has 3 fully saturated rings. The summed E-state index contributed by atoms with van der Waals surface area (Å²) >= 11 is 0. The average molecular weight is 607 g/mol. The standard InChI is InChI=1S/C34H58N2O3S2/c1-22(2)8-7-9-23(3)28-12-13-29-27-11-10-25-20-26(14-16-33(25,5)30(27)15-17-34(28,29)6)39-32(38)36-18-19-40-41-21-31(35)24(4)37/h10,22-23,26-31H,7-9,11-21,35H2,1-6H3,(H,36,38)/t23-,26+,27+,28-,29+,30+,31+,33+,34-/m1/s1. The van der Waals surface area contributed by atoms with Crippen LogP contribution in [0.2, 0.25) is 0 Å². The molecule has 41 heavy (non-hydrogen) atoms. The number of allylic oxidation sites excluding steroid dienone is 1. The second-order valence-corrected chi connectivity index (χ2v) is 17.4. The zero-order valence-electron chi connectivity index (χ0n) is 26.7. The molecule has 0 bridgehead atoms. The number of rotatable bonds is 13. The quantitative estimate of drug-likeness (QED) is 0.124. The van der Waals surface area contributed by atoms with E-state index < -0.39 is 6.04 Å². The Kier molecular flexibility index (Phi) is 11.7. The molecule has 3 saturated carbocycles. The Balaban J connectivity index is 1.26. The molecule has 3 N–H and O–H groups in total. The van der Waals surface area contributed by atoms with Crippen LogP contribution < -0.4 is 11.1 Å². The number of Topliss-reactive ketones (excluding diaryl/α,β-unsaturated/α-hetero) is 1. The number of carbonyl (C=O) groups excluding carboxylic acids is 2. The van der Waals surface area contributed by atoms with E-state index in [1.165, 1.54) is 58.3 Å². The summed E-state index contributed by atoms with van der Waals surface area (Å²) in [4.78, 5) is 23.8. The summed E-state index contributed by atoms with van der Waals surface area (Å²) in [5.41, 5.74) is 8.13. The molecule has 0 unspecified atom stereocenters. The molecule has 0 saturated heterocycles. The van der Waals surface area contributed by atoms with E-state index in [-0.39, 0.29) is 23.4 Å². The zero-order valence-corrected chi connectivity index (χ0v) is 28.3. The van der Waals surface area contributed by atoms with Gasteiger partial charge in [-0.15, -0.1) is 0 Å². The maximum atomic E-state index is 12.5. The number of ether oxygens (including phenoxy) is 1. The van der Waals surface area contributed by atoms with Gasteiger partial charge < -0.3 is 15.8 Å². The Hall–Kier alpha value is -0.660. The van der Waals surface area contributed by atoms with Crippen LogP contribution in [0.3, 0.4) is 0 Å². The third-order valence-electron chi connectivity index (χ3n) is 11.8. The van der Waals surface area contributed by atoms with Gasteiger partial charge in [-0.05, 0) is 98.2 Å². The number of nitrogens with two attached hydrogens (primary N) is 1. The normalized spacial score (nSPS) is 36.0. The monoisotopic (exact) mass is 606 g/mol. The maximum absolute atomic E-state index is 12.5. The molecular formula is C34H58N2O3S2. The first-order chi connectivity index (χ1) is 19.5. The van der Waals surface area contributed by atoms with Crippen LogP contribution >= 0.6 is 21.6 Å². The first-order valence-electron chi connectivity index (χ1n) is 16.6. The van der Waals surface area contributed by atoms with Crippen molar-refractivity contribution >= 4 is 33.5 Å². The van der Waals surface area contributed by atoms with Gasteiger partial charge in [-0.1, -0.05) is 87.1 Å².